The second-order valence-electron chi connectivity index (χ2n) is 6.21. The minimum absolute atomic E-state index is 0.0458. The lowest BCUT2D eigenvalue weighted by Gasteiger charge is -2.09. The molecule has 0 unspecified atom stereocenters. The highest BCUT2D eigenvalue weighted by atomic mass is 32.1. The van der Waals surface area contributed by atoms with Crippen LogP contribution in [0.15, 0.2) is 42.6 Å². The largest absolute Gasteiger partial charge is 0.321 e. The van der Waals surface area contributed by atoms with E-state index < -0.39 is 0 Å². The maximum Gasteiger partial charge on any atom is 0.265 e. The third kappa shape index (κ3) is 3.25. The van der Waals surface area contributed by atoms with Gasteiger partial charge in [-0.25, -0.2) is 0 Å². The first kappa shape index (κ1) is 15.8. The predicted molar refractivity (Wildman–Crippen MR) is 100 cm³/mol. The van der Waals surface area contributed by atoms with Gasteiger partial charge in [0.1, 0.15) is 0 Å². The van der Waals surface area contributed by atoms with Crippen LogP contribution in [0, 0.1) is 12.8 Å². The van der Waals surface area contributed by atoms with Crippen LogP contribution in [0.5, 0.6) is 0 Å². The van der Waals surface area contributed by atoms with Crippen molar-refractivity contribution >= 4 is 44.7 Å². The van der Waals surface area contributed by atoms with E-state index >= 15 is 0 Å². The highest BCUT2D eigenvalue weighted by Crippen LogP contribution is 2.32. The number of carbonyl (C=O) groups is 2. The average Bonchev–Trinajstić information content (AvgIpc) is 3.37. The standard InChI is InChI=1S/C19H17N3O2S/c1-11-4-7-14(13-3-2-10-20-17(11)13)21-19(24)15-8-9-16(25-15)22-18(23)12-5-6-12/h2-4,7-10,12H,5-6H2,1H3,(H,21,24)(H,22,23). The number of carbonyl (C=O) groups excluding carboxylic acids is 2. The summed E-state index contributed by atoms with van der Waals surface area (Å²) in [7, 11) is 0. The summed E-state index contributed by atoms with van der Waals surface area (Å²) in [5.74, 6) is 0.00105. The molecule has 2 aromatic heterocycles. The molecular formula is C19H17N3O2S. The molecule has 0 bridgehead atoms. The molecule has 6 heteroatoms. The molecule has 0 spiro atoms. The highest BCUT2D eigenvalue weighted by molar-refractivity contribution is 7.18. The Balaban J connectivity index is 1.53. The molecule has 0 radical (unpaired) electrons. The van der Waals surface area contributed by atoms with Crippen LogP contribution >= 0.6 is 11.3 Å². The smallest absolute Gasteiger partial charge is 0.265 e. The van der Waals surface area contributed by atoms with Crippen molar-refractivity contribution in [1.82, 2.24) is 4.98 Å². The van der Waals surface area contributed by atoms with E-state index in [4.69, 9.17) is 0 Å². The van der Waals surface area contributed by atoms with Crippen LogP contribution in [0.2, 0.25) is 0 Å². The summed E-state index contributed by atoms with van der Waals surface area (Å²) >= 11 is 1.28. The van der Waals surface area contributed by atoms with E-state index in [1.165, 1.54) is 11.3 Å². The van der Waals surface area contributed by atoms with Gasteiger partial charge < -0.3 is 10.6 Å². The number of hydrogen-bond donors (Lipinski definition) is 2. The Morgan fingerprint density at radius 3 is 2.76 bits per heavy atom. The summed E-state index contributed by atoms with van der Waals surface area (Å²) in [6.45, 7) is 2.00. The molecule has 1 saturated carbocycles. The number of rotatable bonds is 4. The van der Waals surface area contributed by atoms with Gasteiger partial charge in [-0.05, 0) is 55.7 Å². The molecular weight excluding hydrogens is 334 g/mol. The highest BCUT2D eigenvalue weighted by Gasteiger charge is 2.29. The molecule has 3 aromatic rings. The molecule has 1 aromatic carbocycles. The number of amides is 2. The molecule has 4 rings (SSSR count). The SMILES string of the molecule is Cc1ccc(NC(=O)c2ccc(NC(=O)C3CC3)s2)c2cccnc12. The quantitative estimate of drug-likeness (QED) is 0.740. The van der Waals surface area contributed by atoms with Crippen molar-refractivity contribution in [3.63, 3.8) is 0 Å². The summed E-state index contributed by atoms with van der Waals surface area (Å²) < 4.78 is 0. The van der Waals surface area contributed by atoms with Crippen molar-refractivity contribution in [1.29, 1.82) is 0 Å². The number of pyridine rings is 1. The second-order valence-corrected chi connectivity index (χ2v) is 7.29. The Morgan fingerprint density at radius 1 is 1.12 bits per heavy atom. The Morgan fingerprint density at radius 2 is 1.96 bits per heavy atom. The molecule has 25 heavy (non-hydrogen) atoms. The first-order valence-corrected chi connectivity index (χ1v) is 9.00. The minimum Gasteiger partial charge on any atom is -0.321 e. The Kier molecular flexibility index (Phi) is 3.97. The van der Waals surface area contributed by atoms with Crippen LogP contribution in [-0.4, -0.2) is 16.8 Å². The molecule has 0 saturated heterocycles. The Bertz CT molecular complexity index is 976. The number of aromatic nitrogens is 1. The normalized spacial score (nSPS) is 13.6. The monoisotopic (exact) mass is 351 g/mol. The van der Waals surface area contributed by atoms with Crippen molar-refractivity contribution in [3.8, 4) is 0 Å². The molecule has 5 nitrogen and oxygen atoms in total. The molecule has 0 aliphatic heterocycles. The molecule has 1 fully saturated rings. The van der Waals surface area contributed by atoms with E-state index in [9.17, 15) is 9.59 Å². The summed E-state index contributed by atoms with van der Waals surface area (Å²) in [5, 5.41) is 7.44. The maximum atomic E-state index is 12.6. The number of hydrogen-bond acceptors (Lipinski definition) is 4. The van der Waals surface area contributed by atoms with Crippen molar-refractivity contribution in [2.45, 2.75) is 19.8 Å². The van der Waals surface area contributed by atoms with Crippen molar-refractivity contribution in [3.05, 3.63) is 53.0 Å². The number of benzene rings is 1. The molecule has 0 atom stereocenters. The lowest BCUT2D eigenvalue weighted by Crippen LogP contribution is -2.12. The zero-order valence-corrected chi connectivity index (χ0v) is 14.5. The van der Waals surface area contributed by atoms with Crippen LogP contribution in [-0.2, 0) is 4.79 Å². The zero-order chi connectivity index (χ0) is 17.4. The summed E-state index contributed by atoms with van der Waals surface area (Å²) in [4.78, 5) is 29.3. The van der Waals surface area contributed by atoms with Gasteiger partial charge in [0, 0.05) is 17.5 Å². The van der Waals surface area contributed by atoms with Gasteiger partial charge in [-0.15, -0.1) is 11.3 Å². The fourth-order valence-corrected chi connectivity index (χ4v) is 3.51. The molecule has 1 aliphatic carbocycles. The van der Waals surface area contributed by atoms with Gasteiger partial charge in [0.25, 0.3) is 5.91 Å². The lowest BCUT2D eigenvalue weighted by molar-refractivity contribution is -0.117. The molecule has 2 heterocycles. The van der Waals surface area contributed by atoms with Gasteiger partial charge >= 0.3 is 0 Å². The van der Waals surface area contributed by atoms with Crippen LogP contribution in [0.25, 0.3) is 10.9 Å². The summed E-state index contributed by atoms with van der Waals surface area (Å²) in [5.41, 5.74) is 2.68. The van der Waals surface area contributed by atoms with Gasteiger partial charge in [-0.2, -0.15) is 0 Å². The fourth-order valence-electron chi connectivity index (χ4n) is 2.70. The van der Waals surface area contributed by atoms with Crippen LogP contribution in [0.1, 0.15) is 28.1 Å². The number of nitrogens with zero attached hydrogens (tertiary/aromatic N) is 1. The summed E-state index contributed by atoms with van der Waals surface area (Å²) in [6.07, 6.45) is 3.66. The van der Waals surface area contributed by atoms with Crippen LogP contribution in [0.4, 0.5) is 10.7 Å². The van der Waals surface area contributed by atoms with Gasteiger partial charge in [0.05, 0.1) is 21.1 Å². The summed E-state index contributed by atoms with van der Waals surface area (Å²) in [6, 6.07) is 11.1. The van der Waals surface area contributed by atoms with Gasteiger partial charge in [0.2, 0.25) is 5.91 Å². The molecule has 2 N–H and O–H groups in total. The number of aryl methyl sites for hydroxylation is 1. The first-order chi connectivity index (χ1) is 12.1. The van der Waals surface area contributed by atoms with E-state index in [0.717, 1.165) is 35.0 Å². The predicted octanol–water partition coefficient (Wildman–Crippen LogP) is 4.21. The number of nitrogens with one attached hydrogen (secondary N) is 2. The van der Waals surface area contributed by atoms with Gasteiger partial charge in [0.15, 0.2) is 0 Å². The van der Waals surface area contributed by atoms with Crippen molar-refractivity contribution < 1.29 is 9.59 Å². The van der Waals surface area contributed by atoms with E-state index in [1.54, 1.807) is 18.3 Å². The second kappa shape index (κ2) is 6.29. The third-order valence-corrected chi connectivity index (χ3v) is 5.24. The van der Waals surface area contributed by atoms with Gasteiger partial charge in [-0.1, -0.05) is 6.07 Å². The maximum absolute atomic E-state index is 12.6. The van der Waals surface area contributed by atoms with E-state index in [-0.39, 0.29) is 17.7 Å². The molecule has 2 amide bonds. The third-order valence-electron chi connectivity index (χ3n) is 4.24. The van der Waals surface area contributed by atoms with E-state index in [1.807, 2.05) is 31.2 Å². The van der Waals surface area contributed by atoms with E-state index in [0.29, 0.717) is 9.88 Å². The zero-order valence-electron chi connectivity index (χ0n) is 13.7. The number of thiophene rings is 1. The molecule has 126 valence electrons. The van der Waals surface area contributed by atoms with Crippen LogP contribution < -0.4 is 10.6 Å². The topological polar surface area (TPSA) is 71.1 Å². The Labute approximate surface area is 149 Å². The number of fused-ring (bicyclic) bond motifs is 1. The first-order valence-electron chi connectivity index (χ1n) is 8.18. The van der Waals surface area contributed by atoms with Crippen molar-refractivity contribution in [2.75, 3.05) is 10.6 Å². The van der Waals surface area contributed by atoms with Crippen LogP contribution in [0.3, 0.4) is 0 Å². The lowest BCUT2D eigenvalue weighted by atomic mass is 10.1. The Hall–Kier alpha value is -2.73. The average molecular weight is 351 g/mol. The van der Waals surface area contributed by atoms with E-state index in [2.05, 4.69) is 15.6 Å². The minimum atomic E-state index is -0.189. The molecule has 1 aliphatic rings. The fraction of sp³-hybridized carbons (Fsp3) is 0.211. The number of anilines is 2. The van der Waals surface area contributed by atoms with Gasteiger partial charge in [-0.3, -0.25) is 14.6 Å². The van der Waals surface area contributed by atoms with Crippen molar-refractivity contribution in [2.24, 2.45) is 5.92 Å².